The van der Waals surface area contributed by atoms with Crippen molar-refractivity contribution in [2.45, 2.75) is 6.92 Å². The smallest absolute Gasteiger partial charge is 0.263 e. The molecule has 0 unspecified atom stereocenters. The van der Waals surface area contributed by atoms with Gasteiger partial charge in [0.2, 0.25) is 11.6 Å². The number of hydrogen-bond donors (Lipinski definition) is 1. The van der Waals surface area contributed by atoms with Crippen molar-refractivity contribution >= 4 is 11.7 Å². The highest BCUT2D eigenvalue weighted by atomic mass is 19.2. The van der Waals surface area contributed by atoms with Gasteiger partial charge in [-0.15, -0.1) is 0 Å². The fraction of sp³-hybridized carbons (Fsp3) is 0.100. The van der Waals surface area contributed by atoms with Crippen LogP contribution < -0.4 is 5.32 Å². The quantitative estimate of drug-likeness (QED) is 0.524. The average Bonchev–Trinajstić information content (AvgIpc) is 2.80. The van der Waals surface area contributed by atoms with E-state index in [0.29, 0.717) is 0 Å². The Morgan fingerprint density at radius 2 is 1.45 bits per heavy atom. The lowest BCUT2D eigenvalue weighted by Crippen LogP contribution is -2.19. The molecule has 1 heterocycles. The molecule has 0 saturated heterocycles. The molecule has 1 aromatic heterocycles. The van der Waals surface area contributed by atoms with Crippen molar-refractivity contribution in [2.75, 3.05) is 5.32 Å². The lowest BCUT2D eigenvalue weighted by Gasteiger charge is -2.07. The van der Waals surface area contributed by atoms with Crippen molar-refractivity contribution < 1.29 is 31.4 Å². The van der Waals surface area contributed by atoms with Gasteiger partial charge in [-0.1, -0.05) is 5.16 Å². The molecule has 5 nitrogen and oxygen atoms in total. The topological polar surface area (TPSA) is 68.0 Å². The third-order valence-electron chi connectivity index (χ3n) is 2.32. The Morgan fingerprint density at radius 3 is 1.90 bits per heavy atom. The van der Waals surface area contributed by atoms with Crippen molar-refractivity contribution in [3.8, 4) is 0 Å². The summed E-state index contributed by atoms with van der Waals surface area (Å²) in [4.78, 5) is 11.6. The van der Waals surface area contributed by atoms with E-state index in [2.05, 4.69) is 14.9 Å². The fourth-order valence-corrected chi connectivity index (χ4v) is 1.32. The zero-order chi connectivity index (χ0) is 15.0. The number of rotatable bonds is 2. The molecule has 1 aromatic carbocycles. The number of aromatic nitrogens is 2. The second-order valence-electron chi connectivity index (χ2n) is 3.60. The van der Waals surface area contributed by atoms with Gasteiger partial charge in [-0.25, -0.2) is 26.6 Å². The van der Waals surface area contributed by atoms with E-state index in [1.807, 2.05) is 5.32 Å². The maximum absolute atomic E-state index is 13.3. The first-order valence-electron chi connectivity index (χ1n) is 4.96. The van der Waals surface area contributed by atoms with Crippen LogP contribution in [0, 0.1) is 36.0 Å². The van der Waals surface area contributed by atoms with Gasteiger partial charge in [-0.3, -0.25) is 4.79 Å². The van der Waals surface area contributed by atoms with Gasteiger partial charge in [-0.2, -0.15) is 0 Å². The number of nitrogens with one attached hydrogen (secondary N) is 1. The van der Waals surface area contributed by atoms with E-state index in [4.69, 9.17) is 0 Å². The van der Waals surface area contributed by atoms with E-state index in [0.717, 1.165) is 0 Å². The number of amides is 1. The van der Waals surface area contributed by atoms with Crippen LogP contribution in [0.2, 0.25) is 0 Å². The first-order chi connectivity index (χ1) is 9.34. The molecule has 2 aromatic rings. The summed E-state index contributed by atoms with van der Waals surface area (Å²) >= 11 is 0. The highest BCUT2D eigenvalue weighted by molar-refractivity contribution is 6.04. The second-order valence-corrected chi connectivity index (χ2v) is 3.60. The molecule has 0 fully saturated rings. The normalized spacial score (nSPS) is 10.7. The Morgan fingerprint density at radius 1 is 0.950 bits per heavy atom. The number of aryl methyl sites for hydroxylation is 1. The summed E-state index contributed by atoms with van der Waals surface area (Å²) in [5.74, 6) is -13.2. The standard InChI is InChI=1S/C10H4F5N3O2/c1-2-9(18-20-17-2)16-10(19)3-4(11)6(13)8(15)7(14)5(3)12/h1H3,(H,16,18,19). The Hall–Kier alpha value is -2.52. The van der Waals surface area contributed by atoms with Crippen LogP contribution >= 0.6 is 0 Å². The summed E-state index contributed by atoms with van der Waals surface area (Å²) in [6.45, 7) is 1.34. The molecule has 2 rings (SSSR count). The summed E-state index contributed by atoms with van der Waals surface area (Å²) in [6, 6.07) is 0. The maximum atomic E-state index is 13.3. The van der Waals surface area contributed by atoms with E-state index in [1.54, 1.807) is 0 Å². The number of benzene rings is 1. The van der Waals surface area contributed by atoms with Crippen LogP contribution in [-0.4, -0.2) is 16.2 Å². The SMILES string of the molecule is Cc1nonc1NC(=O)c1c(F)c(F)c(F)c(F)c1F. The van der Waals surface area contributed by atoms with Gasteiger partial charge >= 0.3 is 0 Å². The molecule has 0 aliphatic rings. The molecule has 0 bridgehead atoms. The third kappa shape index (κ3) is 2.08. The van der Waals surface area contributed by atoms with Crippen LogP contribution in [0.3, 0.4) is 0 Å². The van der Waals surface area contributed by atoms with Gasteiger partial charge in [0, 0.05) is 0 Å². The zero-order valence-electron chi connectivity index (χ0n) is 9.60. The molecule has 20 heavy (non-hydrogen) atoms. The van der Waals surface area contributed by atoms with Crippen molar-refractivity contribution in [3.05, 3.63) is 40.3 Å². The lowest BCUT2D eigenvalue weighted by atomic mass is 10.1. The Labute approximate surface area is 107 Å². The highest BCUT2D eigenvalue weighted by Crippen LogP contribution is 2.23. The molecule has 0 saturated carbocycles. The van der Waals surface area contributed by atoms with E-state index >= 15 is 0 Å². The molecule has 0 spiro atoms. The molecule has 1 amide bonds. The molecule has 0 aliphatic carbocycles. The fourth-order valence-electron chi connectivity index (χ4n) is 1.32. The minimum Gasteiger partial charge on any atom is -0.302 e. The number of anilines is 1. The monoisotopic (exact) mass is 293 g/mol. The maximum Gasteiger partial charge on any atom is 0.263 e. The van der Waals surface area contributed by atoms with Crippen LogP contribution in [0.1, 0.15) is 16.1 Å². The zero-order valence-corrected chi connectivity index (χ0v) is 9.60. The molecule has 0 radical (unpaired) electrons. The second kappa shape index (κ2) is 4.87. The lowest BCUT2D eigenvalue weighted by molar-refractivity contribution is 0.101. The number of hydrogen-bond acceptors (Lipinski definition) is 4. The first kappa shape index (κ1) is 13.9. The Bertz CT molecular complexity index is 671. The van der Waals surface area contributed by atoms with Crippen LogP contribution in [0.15, 0.2) is 4.63 Å². The van der Waals surface area contributed by atoms with Gasteiger partial charge in [0.25, 0.3) is 5.91 Å². The van der Waals surface area contributed by atoms with E-state index in [9.17, 15) is 26.7 Å². The van der Waals surface area contributed by atoms with Gasteiger partial charge in [-0.05, 0) is 12.1 Å². The van der Waals surface area contributed by atoms with Crippen LogP contribution in [0.5, 0.6) is 0 Å². The largest absolute Gasteiger partial charge is 0.302 e. The van der Waals surface area contributed by atoms with Crippen molar-refractivity contribution in [3.63, 3.8) is 0 Å². The average molecular weight is 293 g/mol. The van der Waals surface area contributed by atoms with E-state index in [1.165, 1.54) is 6.92 Å². The predicted octanol–water partition coefficient (Wildman–Crippen LogP) is 2.33. The molecular formula is C10H4F5N3O2. The van der Waals surface area contributed by atoms with Crippen molar-refractivity contribution in [1.82, 2.24) is 10.3 Å². The third-order valence-corrected chi connectivity index (χ3v) is 2.32. The van der Waals surface area contributed by atoms with Crippen LogP contribution in [0.25, 0.3) is 0 Å². The molecule has 1 N–H and O–H groups in total. The summed E-state index contributed by atoms with van der Waals surface area (Å²) in [5, 5.41) is 8.26. The van der Waals surface area contributed by atoms with E-state index < -0.39 is 40.6 Å². The summed E-state index contributed by atoms with van der Waals surface area (Å²) in [5.41, 5.74) is -1.56. The number of carbonyl (C=O) groups is 1. The van der Waals surface area contributed by atoms with Crippen molar-refractivity contribution in [2.24, 2.45) is 0 Å². The van der Waals surface area contributed by atoms with Gasteiger partial charge in [0.1, 0.15) is 11.3 Å². The number of nitrogens with zero attached hydrogens (tertiary/aromatic N) is 2. The first-order valence-corrected chi connectivity index (χ1v) is 4.96. The highest BCUT2D eigenvalue weighted by Gasteiger charge is 2.30. The van der Waals surface area contributed by atoms with Gasteiger partial charge in [0.05, 0.1) is 0 Å². The van der Waals surface area contributed by atoms with Crippen LogP contribution in [0.4, 0.5) is 27.8 Å². The minimum atomic E-state index is -2.35. The summed E-state index contributed by atoms with van der Waals surface area (Å²) in [6.07, 6.45) is 0. The van der Waals surface area contributed by atoms with Gasteiger partial charge in [0.15, 0.2) is 23.3 Å². The number of halogens is 5. The predicted molar refractivity (Wildman–Crippen MR) is 53.2 cm³/mol. The Balaban J connectivity index is 2.48. The minimum absolute atomic E-state index is 0.0576. The molecular weight excluding hydrogens is 289 g/mol. The number of carbonyl (C=O) groups excluding carboxylic acids is 1. The molecule has 10 heteroatoms. The summed E-state index contributed by atoms with van der Waals surface area (Å²) in [7, 11) is 0. The molecule has 106 valence electrons. The molecule has 0 atom stereocenters. The molecule has 0 aliphatic heterocycles. The van der Waals surface area contributed by atoms with Crippen molar-refractivity contribution in [1.29, 1.82) is 0 Å². The van der Waals surface area contributed by atoms with E-state index in [-0.39, 0.29) is 11.5 Å². The Kier molecular flexibility index (Phi) is 3.38. The summed E-state index contributed by atoms with van der Waals surface area (Å²) < 4.78 is 69.6. The van der Waals surface area contributed by atoms with Crippen LogP contribution in [-0.2, 0) is 0 Å². The van der Waals surface area contributed by atoms with Gasteiger partial charge < -0.3 is 5.32 Å².